The maximum Gasteiger partial charge on any atom is 0.270 e. The lowest BCUT2D eigenvalue weighted by molar-refractivity contribution is -0.385. The number of non-ortho nitro benzene ring substituents is 1. The number of piperazine rings is 1. The Morgan fingerprint density at radius 2 is 1.76 bits per heavy atom. The van der Waals surface area contributed by atoms with Gasteiger partial charge in [-0.2, -0.15) is 0 Å². The minimum atomic E-state index is -4.03. The van der Waals surface area contributed by atoms with Crippen LogP contribution in [0.1, 0.15) is 5.56 Å². The van der Waals surface area contributed by atoms with E-state index in [0.717, 1.165) is 38.1 Å². The van der Waals surface area contributed by atoms with E-state index < -0.39 is 14.9 Å². The van der Waals surface area contributed by atoms with Gasteiger partial charge in [-0.1, -0.05) is 18.2 Å². The number of hydrogen-bond acceptors (Lipinski definition) is 8. The summed E-state index contributed by atoms with van der Waals surface area (Å²) in [4.78, 5) is 14.7. The van der Waals surface area contributed by atoms with E-state index in [4.69, 9.17) is 0 Å². The van der Waals surface area contributed by atoms with Gasteiger partial charge in [0.05, 0.1) is 15.5 Å². The molecule has 172 valence electrons. The van der Waals surface area contributed by atoms with Crippen molar-refractivity contribution in [2.24, 2.45) is 0 Å². The van der Waals surface area contributed by atoms with Gasteiger partial charge in [-0.05, 0) is 43.8 Å². The van der Waals surface area contributed by atoms with Gasteiger partial charge in [-0.25, -0.2) is 8.42 Å². The fourth-order valence-electron chi connectivity index (χ4n) is 3.63. The van der Waals surface area contributed by atoms with Crippen LogP contribution in [0.5, 0.6) is 0 Å². The second-order valence-electron chi connectivity index (χ2n) is 7.96. The average Bonchev–Trinajstić information content (AvgIpc) is 2.79. The van der Waals surface area contributed by atoms with Crippen LogP contribution in [-0.2, 0) is 10.0 Å². The summed E-state index contributed by atoms with van der Waals surface area (Å²) >= 11 is 0. The highest BCUT2D eigenvalue weighted by Gasteiger charge is 2.21. The quantitative estimate of drug-likeness (QED) is 0.433. The van der Waals surface area contributed by atoms with Crippen LogP contribution in [0.25, 0.3) is 11.3 Å². The summed E-state index contributed by atoms with van der Waals surface area (Å²) in [7, 11) is -1.93. The molecule has 4 rings (SSSR count). The van der Waals surface area contributed by atoms with E-state index >= 15 is 0 Å². The summed E-state index contributed by atoms with van der Waals surface area (Å²) in [6, 6.07) is 14.3. The van der Waals surface area contributed by atoms with Gasteiger partial charge in [-0.3, -0.25) is 14.8 Å². The zero-order valence-corrected chi connectivity index (χ0v) is 19.1. The average molecular weight is 469 g/mol. The fraction of sp³-hybridized carbons (Fsp3) is 0.273. The minimum Gasteiger partial charge on any atom is -0.353 e. The molecule has 10 nitrogen and oxygen atoms in total. The summed E-state index contributed by atoms with van der Waals surface area (Å²) < 4.78 is 28.3. The number of aromatic nitrogens is 2. The molecule has 0 atom stereocenters. The molecule has 3 aromatic rings. The van der Waals surface area contributed by atoms with Gasteiger partial charge >= 0.3 is 0 Å². The van der Waals surface area contributed by atoms with Gasteiger partial charge in [0.1, 0.15) is 0 Å². The number of aryl methyl sites for hydroxylation is 1. The molecule has 0 saturated carbocycles. The Labute approximate surface area is 192 Å². The van der Waals surface area contributed by atoms with Gasteiger partial charge in [0.15, 0.2) is 5.82 Å². The number of nitrogens with zero attached hydrogens (tertiary/aromatic N) is 5. The van der Waals surface area contributed by atoms with E-state index in [0.29, 0.717) is 22.5 Å². The number of anilines is 2. The minimum absolute atomic E-state index is 0.140. The van der Waals surface area contributed by atoms with E-state index in [1.165, 1.54) is 12.1 Å². The van der Waals surface area contributed by atoms with E-state index in [1.807, 2.05) is 18.2 Å². The standard InChI is InChI=1S/C22H24N6O4S/c1-16-6-7-19(28(29)30)15-21(16)33(31,32)25-18-5-3-4-17(14-18)20-8-9-22(24-23-20)27-12-10-26(2)11-13-27/h3-9,14-15,25H,10-13H2,1-2H3. The normalized spacial score (nSPS) is 14.8. The molecule has 1 aliphatic rings. The molecule has 1 aliphatic heterocycles. The van der Waals surface area contributed by atoms with E-state index in [2.05, 4.69) is 31.8 Å². The predicted octanol–water partition coefficient (Wildman–Crippen LogP) is 2.91. The summed E-state index contributed by atoms with van der Waals surface area (Å²) in [5.41, 5.74) is 1.76. The number of rotatable bonds is 6. The number of benzene rings is 2. The second kappa shape index (κ2) is 9.12. The molecule has 0 spiro atoms. The highest BCUT2D eigenvalue weighted by atomic mass is 32.2. The van der Waals surface area contributed by atoms with Crippen LogP contribution in [0.3, 0.4) is 0 Å². The van der Waals surface area contributed by atoms with Gasteiger partial charge in [0.25, 0.3) is 15.7 Å². The maximum absolute atomic E-state index is 12.9. The Hall–Kier alpha value is -3.57. The third-order valence-electron chi connectivity index (χ3n) is 5.56. The smallest absolute Gasteiger partial charge is 0.270 e. The topological polar surface area (TPSA) is 122 Å². The van der Waals surface area contributed by atoms with Crippen molar-refractivity contribution < 1.29 is 13.3 Å². The number of likely N-dealkylation sites (N-methyl/N-ethyl adjacent to an activating group) is 1. The summed E-state index contributed by atoms with van der Waals surface area (Å²) in [6.45, 7) is 5.30. The predicted molar refractivity (Wildman–Crippen MR) is 126 cm³/mol. The van der Waals surface area contributed by atoms with Crippen molar-refractivity contribution in [2.75, 3.05) is 42.8 Å². The molecule has 1 fully saturated rings. The Balaban J connectivity index is 1.55. The highest BCUT2D eigenvalue weighted by molar-refractivity contribution is 7.92. The molecular formula is C22H24N6O4S. The van der Waals surface area contributed by atoms with E-state index in [1.54, 1.807) is 25.1 Å². The molecule has 2 heterocycles. The van der Waals surface area contributed by atoms with Crippen LogP contribution >= 0.6 is 0 Å². The Bertz CT molecular complexity index is 1270. The fourth-order valence-corrected chi connectivity index (χ4v) is 4.94. The van der Waals surface area contributed by atoms with Crippen molar-refractivity contribution in [2.45, 2.75) is 11.8 Å². The van der Waals surface area contributed by atoms with Crippen LogP contribution < -0.4 is 9.62 Å². The molecule has 1 N–H and O–H groups in total. The lowest BCUT2D eigenvalue weighted by Gasteiger charge is -2.32. The Morgan fingerprint density at radius 1 is 1.00 bits per heavy atom. The largest absolute Gasteiger partial charge is 0.353 e. The van der Waals surface area contributed by atoms with Gasteiger partial charge in [0.2, 0.25) is 0 Å². The number of nitro groups is 1. The van der Waals surface area contributed by atoms with E-state index in [9.17, 15) is 18.5 Å². The van der Waals surface area contributed by atoms with E-state index in [-0.39, 0.29) is 10.6 Å². The third-order valence-corrected chi connectivity index (χ3v) is 7.08. The molecule has 2 aromatic carbocycles. The van der Waals surface area contributed by atoms with Crippen molar-refractivity contribution in [3.05, 3.63) is 70.3 Å². The molecule has 0 amide bonds. The molecule has 1 saturated heterocycles. The first-order valence-corrected chi connectivity index (χ1v) is 11.9. The van der Waals surface area contributed by atoms with Crippen molar-refractivity contribution in [3.63, 3.8) is 0 Å². The summed E-state index contributed by atoms with van der Waals surface area (Å²) in [5.74, 6) is 0.810. The molecule has 0 bridgehead atoms. The molecule has 33 heavy (non-hydrogen) atoms. The van der Waals surface area contributed by atoms with Crippen molar-refractivity contribution in [3.8, 4) is 11.3 Å². The lowest BCUT2D eigenvalue weighted by atomic mass is 10.1. The molecule has 0 radical (unpaired) electrons. The zero-order valence-electron chi connectivity index (χ0n) is 18.3. The first-order chi connectivity index (χ1) is 15.7. The van der Waals surface area contributed by atoms with Crippen LogP contribution in [0.15, 0.2) is 59.5 Å². The maximum atomic E-state index is 12.9. The summed E-state index contributed by atoms with van der Waals surface area (Å²) in [5, 5.41) is 19.7. The van der Waals surface area contributed by atoms with Gasteiger partial charge in [0, 0.05) is 49.6 Å². The molecule has 0 aliphatic carbocycles. The van der Waals surface area contributed by atoms with Crippen LogP contribution in [-0.4, -0.2) is 61.7 Å². The molecule has 1 aromatic heterocycles. The van der Waals surface area contributed by atoms with Crippen molar-refractivity contribution in [1.29, 1.82) is 0 Å². The molecule has 11 heteroatoms. The van der Waals surface area contributed by atoms with Crippen molar-refractivity contribution in [1.82, 2.24) is 15.1 Å². The number of nitro benzene ring substituents is 1. The molecular weight excluding hydrogens is 444 g/mol. The van der Waals surface area contributed by atoms with Crippen molar-refractivity contribution >= 4 is 27.2 Å². The third kappa shape index (κ3) is 5.10. The number of sulfonamides is 1. The Kier molecular flexibility index (Phi) is 6.25. The van der Waals surface area contributed by atoms with Crippen LogP contribution in [0, 0.1) is 17.0 Å². The van der Waals surface area contributed by atoms with Crippen LogP contribution in [0.4, 0.5) is 17.2 Å². The highest BCUT2D eigenvalue weighted by Crippen LogP contribution is 2.26. The SMILES string of the molecule is Cc1ccc([N+](=O)[O-])cc1S(=O)(=O)Nc1cccc(-c2ccc(N3CCN(C)CC3)nn2)c1. The van der Waals surface area contributed by atoms with Gasteiger partial charge < -0.3 is 9.80 Å². The zero-order chi connectivity index (χ0) is 23.6. The second-order valence-corrected chi connectivity index (χ2v) is 9.61. The summed E-state index contributed by atoms with van der Waals surface area (Å²) in [6.07, 6.45) is 0. The first-order valence-electron chi connectivity index (χ1n) is 10.4. The first kappa shape index (κ1) is 22.6. The Morgan fingerprint density at radius 3 is 2.42 bits per heavy atom. The van der Waals surface area contributed by atoms with Gasteiger partial charge in [-0.15, -0.1) is 10.2 Å². The number of hydrogen-bond donors (Lipinski definition) is 1. The monoisotopic (exact) mass is 468 g/mol. The molecule has 0 unspecified atom stereocenters. The van der Waals surface area contributed by atoms with Crippen LogP contribution in [0.2, 0.25) is 0 Å². The number of nitrogens with one attached hydrogen (secondary N) is 1. The lowest BCUT2D eigenvalue weighted by Crippen LogP contribution is -2.44.